The van der Waals surface area contributed by atoms with Crippen molar-refractivity contribution < 1.29 is 24.2 Å². The fourth-order valence-electron chi connectivity index (χ4n) is 3.95. The molecule has 1 aliphatic heterocycles. The zero-order valence-electron chi connectivity index (χ0n) is 20.2. The second kappa shape index (κ2) is 15.3. The molecule has 190 valence electrons. The van der Waals surface area contributed by atoms with Crippen LogP contribution in [-0.4, -0.2) is 83.6 Å². The van der Waals surface area contributed by atoms with Gasteiger partial charge in [-0.3, -0.25) is 14.4 Å². The molecule has 1 aromatic rings. The van der Waals surface area contributed by atoms with Crippen molar-refractivity contribution in [3.8, 4) is 0 Å². The summed E-state index contributed by atoms with van der Waals surface area (Å²) in [6.07, 6.45) is 4.21. The normalized spacial score (nSPS) is 16.5. The number of aliphatic hydroxyl groups is 1. The van der Waals surface area contributed by atoms with Crippen LogP contribution in [0.15, 0.2) is 24.3 Å². The Kier molecular flexibility index (Phi) is 12.8. The Morgan fingerprint density at radius 2 is 2.09 bits per heavy atom. The van der Waals surface area contributed by atoms with Crippen LogP contribution in [0.5, 0.6) is 0 Å². The smallest absolute Gasteiger partial charge is 0.305 e. The summed E-state index contributed by atoms with van der Waals surface area (Å²) in [7, 11) is 3.34. The molecule has 7 nitrogen and oxygen atoms in total. The Morgan fingerprint density at radius 1 is 1.29 bits per heavy atom. The van der Waals surface area contributed by atoms with Gasteiger partial charge in [0.2, 0.25) is 11.8 Å². The predicted molar refractivity (Wildman–Crippen MR) is 136 cm³/mol. The summed E-state index contributed by atoms with van der Waals surface area (Å²) >= 11 is 7.74. The second-order valence-corrected chi connectivity index (χ2v) is 10.5. The molecule has 0 radical (unpaired) electrons. The molecule has 2 amide bonds. The predicted octanol–water partition coefficient (Wildman–Crippen LogP) is 3.55. The SMILES string of the molecule is CN(C)C(=O)CCOC(=O)CCCSCCN1C(=O)CC[C@@H]1CC[C@@H](O)Cc1cccc(Cl)c1. The van der Waals surface area contributed by atoms with E-state index in [-0.39, 0.29) is 36.9 Å². The highest BCUT2D eigenvalue weighted by molar-refractivity contribution is 7.99. The molecule has 2 rings (SSSR count). The Hall–Kier alpha value is -1.77. The van der Waals surface area contributed by atoms with E-state index in [0.717, 1.165) is 29.9 Å². The maximum atomic E-state index is 12.3. The summed E-state index contributed by atoms with van der Waals surface area (Å²) in [5, 5.41) is 11.1. The van der Waals surface area contributed by atoms with E-state index in [1.807, 2.05) is 29.2 Å². The molecular weight excluding hydrogens is 476 g/mol. The van der Waals surface area contributed by atoms with E-state index in [1.54, 1.807) is 25.9 Å². The molecule has 9 heteroatoms. The first-order valence-corrected chi connectivity index (χ1v) is 13.4. The molecule has 1 heterocycles. The quantitative estimate of drug-likeness (QED) is 0.285. The number of carbonyl (C=O) groups is 3. The molecule has 2 atom stereocenters. The molecule has 1 aromatic carbocycles. The Morgan fingerprint density at radius 3 is 2.82 bits per heavy atom. The second-order valence-electron chi connectivity index (χ2n) is 8.82. The van der Waals surface area contributed by atoms with Gasteiger partial charge in [-0.05, 0) is 55.6 Å². The molecule has 1 aliphatic rings. The third-order valence-corrected chi connectivity index (χ3v) is 7.15. The number of likely N-dealkylation sites (tertiary alicyclic amines) is 1. The van der Waals surface area contributed by atoms with Gasteiger partial charge in [-0.1, -0.05) is 23.7 Å². The van der Waals surface area contributed by atoms with Gasteiger partial charge in [0, 0.05) is 50.3 Å². The fourth-order valence-corrected chi connectivity index (χ4v) is 5.05. The van der Waals surface area contributed by atoms with E-state index in [1.165, 1.54) is 4.90 Å². The number of carbonyl (C=O) groups excluding carboxylic acids is 3. The van der Waals surface area contributed by atoms with E-state index in [2.05, 4.69) is 0 Å². The van der Waals surface area contributed by atoms with Crippen LogP contribution in [0, 0.1) is 0 Å². The first kappa shape index (κ1) is 28.5. The molecule has 0 unspecified atom stereocenters. The Bertz CT molecular complexity index is 807. The van der Waals surface area contributed by atoms with Crippen molar-refractivity contribution >= 4 is 41.1 Å². The van der Waals surface area contributed by atoms with Crippen molar-refractivity contribution in [2.75, 3.05) is 38.8 Å². The van der Waals surface area contributed by atoms with Gasteiger partial charge in [0.1, 0.15) is 6.61 Å². The van der Waals surface area contributed by atoms with Crippen molar-refractivity contribution in [1.82, 2.24) is 9.80 Å². The van der Waals surface area contributed by atoms with Crippen molar-refractivity contribution in [2.45, 2.75) is 63.5 Å². The summed E-state index contributed by atoms with van der Waals surface area (Å²) in [6, 6.07) is 7.72. The molecule has 0 aromatic heterocycles. The van der Waals surface area contributed by atoms with Crippen LogP contribution < -0.4 is 0 Å². The summed E-state index contributed by atoms with van der Waals surface area (Å²) < 4.78 is 5.09. The topological polar surface area (TPSA) is 87.2 Å². The maximum absolute atomic E-state index is 12.3. The van der Waals surface area contributed by atoms with Crippen LogP contribution in [0.25, 0.3) is 0 Å². The number of ether oxygens (including phenoxy) is 1. The van der Waals surface area contributed by atoms with Crippen molar-refractivity contribution in [3.63, 3.8) is 0 Å². The average molecular weight is 513 g/mol. The van der Waals surface area contributed by atoms with Crippen molar-refractivity contribution in [2.24, 2.45) is 0 Å². The van der Waals surface area contributed by atoms with Crippen LogP contribution in [0.3, 0.4) is 0 Å². The average Bonchev–Trinajstić information content (AvgIpc) is 3.13. The maximum Gasteiger partial charge on any atom is 0.305 e. The lowest BCUT2D eigenvalue weighted by Crippen LogP contribution is -2.35. The molecule has 0 spiro atoms. The first-order chi connectivity index (χ1) is 16.3. The number of esters is 1. The van der Waals surface area contributed by atoms with E-state index in [4.69, 9.17) is 16.3 Å². The number of benzene rings is 1. The van der Waals surface area contributed by atoms with E-state index < -0.39 is 6.10 Å². The van der Waals surface area contributed by atoms with Gasteiger partial charge in [0.15, 0.2) is 0 Å². The first-order valence-electron chi connectivity index (χ1n) is 11.9. The minimum atomic E-state index is -0.453. The number of amides is 2. The minimum absolute atomic E-state index is 0.0614. The number of thioether (sulfide) groups is 1. The van der Waals surface area contributed by atoms with Crippen LogP contribution in [0.2, 0.25) is 5.02 Å². The highest BCUT2D eigenvalue weighted by atomic mass is 35.5. The van der Waals surface area contributed by atoms with Gasteiger partial charge in [0.25, 0.3) is 0 Å². The number of nitrogens with zero attached hydrogens (tertiary/aromatic N) is 2. The monoisotopic (exact) mass is 512 g/mol. The minimum Gasteiger partial charge on any atom is -0.465 e. The molecule has 0 saturated carbocycles. The largest absolute Gasteiger partial charge is 0.465 e. The Labute approximate surface area is 212 Å². The number of rotatable bonds is 15. The molecule has 1 N–H and O–H groups in total. The lowest BCUT2D eigenvalue weighted by molar-refractivity contribution is -0.145. The van der Waals surface area contributed by atoms with Crippen LogP contribution in [0.1, 0.15) is 50.5 Å². The van der Waals surface area contributed by atoms with Crippen molar-refractivity contribution in [3.05, 3.63) is 34.9 Å². The Balaban J connectivity index is 1.58. The third kappa shape index (κ3) is 10.7. The summed E-state index contributed by atoms with van der Waals surface area (Å²) in [5.41, 5.74) is 1.02. The summed E-state index contributed by atoms with van der Waals surface area (Å²) in [6.45, 7) is 0.810. The highest BCUT2D eigenvalue weighted by Gasteiger charge is 2.30. The van der Waals surface area contributed by atoms with E-state index >= 15 is 0 Å². The van der Waals surface area contributed by atoms with Gasteiger partial charge < -0.3 is 19.6 Å². The molecule has 0 bridgehead atoms. The van der Waals surface area contributed by atoms with Gasteiger partial charge in [-0.2, -0.15) is 11.8 Å². The van der Waals surface area contributed by atoms with Gasteiger partial charge >= 0.3 is 5.97 Å². The summed E-state index contributed by atoms with van der Waals surface area (Å²) in [5.74, 6) is 1.48. The van der Waals surface area contributed by atoms with E-state index in [0.29, 0.717) is 43.7 Å². The van der Waals surface area contributed by atoms with Crippen LogP contribution in [0.4, 0.5) is 0 Å². The lowest BCUT2D eigenvalue weighted by Gasteiger charge is -2.25. The molecule has 1 fully saturated rings. The standard InChI is InChI=1S/C25H37ClN2O5S/c1-27(2)23(30)12-14-33-25(32)7-4-15-34-16-13-28-21(9-11-24(28)31)8-10-22(29)18-19-5-3-6-20(26)17-19/h3,5-6,17,21-22,29H,4,7-16,18H2,1-2H3/t21-,22+/m0/s1. The fraction of sp³-hybridized carbons (Fsp3) is 0.640. The lowest BCUT2D eigenvalue weighted by atomic mass is 10.0. The molecule has 34 heavy (non-hydrogen) atoms. The number of hydrogen-bond donors (Lipinski definition) is 1. The number of halogens is 1. The molecule has 0 aliphatic carbocycles. The van der Waals surface area contributed by atoms with Gasteiger partial charge in [0.05, 0.1) is 12.5 Å². The van der Waals surface area contributed by atoms with Crippen LogP contribution >= 0.6 is 23.4 Å². The zero-order chi connectivity index (χ0) is 24.9. The number of hydrogen-bond acceptors (Lipinski definition) is 6. The zero-order valence-corrected chi connectivity index (χ0v) is 21.8. The van der Waals surface area contributed by atoms with Crippen LogP contribution in [-0.2, 0) is 25.5 Å². The highest BCUT2D eigenvalue weighted by Crippen LogP contribution is 2.24. The third-order valence-electron chi connectivity index (χ3n) is 5.87. The number of aliphatic hydroxyl groups excluding tert-OH is 1. The van der Waals surface area contributed by atoms with Gasteiger partial charge in [-0.25, -0.2) is 0 Å². The van der Waals surface area contributed by atoms with Gasteiger partial charge in [-0.15, -0.1) is 0 Å². The summed E-state index contributed by atoms with van der Waals surface area (Å²) in [4.78, 5) is 38.9. The van der Waals surface area contributed by atoms with E-state index in [9.17, 15) is 19.5 Å². The van der Waals surface area contributed by atoms with Crippen molar-refractivity contribution in [1.29, 1.82) is 0 Å². The molecular formula is C25H37ClN2O5S. The molecule has 1 saturated heterocycles.